The average molecular weight is 227 g/mol. The summed E-state index contributed by atoms with van der Waals surface area (Å²) >= 11 is 6.05. The summed E-state index contributed by atoms with van der Waals surface area (Å²) in [4.78, 5) is 4.22. The summed E-state index contributed by atoms with van der Waals surface area (Å²) in [5.74, 6) is 0.710. The van der Waals surface area contributed by atoms with Gasteiger partial charge in [-0.2, -0.15) is 0 Å². The van der Waals surface area contributed by atoms with Crippen LogP contribution in [-0.2, 0) is 0 Å². The van der Waals surface area contributed by atoms with E-state index in [1.807, 2.05) is 0 Å². The number of halogens is 1. The lowest BCUT2D eigenvalue weighted by atomic mass is 10.3. The molecule has 4 nitrogen and oxygen atoms in total. The van der Waals surface area contributed by atoms with Crippen LogP contribution in [0.5, 0.6) is 5.75 Å². The van der Waals surface area contributed by atoms with Crippen molar-refractivity contribution in [3.8, 4) is 5.75 Å². The van der Waals surface area contributed by atoms with Crippen molar-refractivity contribution >= 4 is 17.2 Å². The summed E-state index contributed by atoms with van der Waals surface area (Å²) in [5.41, 5.74) is 1.14. The molecule has 0 aliphatic carbocycles. The zero-order chi connectivity index (χ0) is 11.0. The van der Waals surface area contributed by atoms with Gasteiger partial charge in [0.05, 0.1) is 13.2 Å². The molecule has 0 radical (unpaired) electrons. The van der Waals surface area contributed by atoms with Gasteiger partial charge in [0.25, 0.3) is 0 Å². The number of rotatable bonds is 2. The van der Waals surface area contributed by atoms with Crippen molar-refractivity contribution in [3.63, 3.8) is 0 Å². The Hall–Kier alpha value is -1.26. The van der Waals surface area contributed by atoms with E-state index in [0.29, 0.717) is 22.2 Å². The van der Waals surface area contributed by atoms with Gasteiger partial charge in [-0.1, -0.05) is 11.6 Å². The molecule has 2 rings (SSSR count). The number of ether oxygens (including phenoxy) is 1. The van der Waals surface area contributed by atoms with Crippen molar-refractivity contribution < 1.29 is 9.84 Å². The molecular weight excluding hydrogens is 216 g/mol. The van der Waals surface area contributed by atoms with Crippen LogP contribution >= 0.6 is 11.6 Å². The van der Waals surface area contributed by atoms with Gasteiger partial charge >= 0.3 is 0 Å². The fourth-order valence-corrected chi connectivity index (χ4v) is 1.75. The Bertz CT molecular complexity index is 493. The first-order valence-corrected chi connectivity index (χ1v) is 4.91. The van der Waals surface area contributed by atoms with Gasteiger partial charge in [-0.15, -0.1) is 0 Å². The monoisotopic (exact) mass is 226 g/mol. The highest BCUT2D eigenvalue weighted by molar-refractivity contribution is 6.30. The summed E-state index contributed by atoms with van der Waals surface area (Å²) in [6.07, 6.45) is 1.08. The Labute approximate surface area is 92.1 Å². The lowest BCUT2D eigenvalue weighted by Crippen LogP contribution is -1.91. The SMILES string of the molecule is COc1ccn2c(Cl)c(C(C)O)nc2c1. The van der Waals surface area contributed by atoms with Gasteiger partial charge < -0.3 is 9.84 Å². The molecule has 0 bridgehead atoms. The molecule has 1 unspecified atom stereocenters. The van der Waals surface area contributed by atoms with Crippen LogP contribution in [0.2, 0.25) is 5.15 Å². The van der Waals surface area contributed by atoms with E-state index in [-0.39, 0.29) is 0 Å². The fourth-order valence-electron chi connectivity index (χ4n) is 1.41. The summed E-state index contributed by atoms with van der Waals surface area (Å²) in [6.45, 7) is 1.63. The van der Waals surface area contributed by atoms with E-state index in [0.717, 1.165) is 0 Å². The molecule has 2 heterocycles. The van der Waals surface area contributed by atoms with E-state index in [1.54, 1.807) is 36.8 Å². The maximum atomic E-state index is 9.44. The van der Waals surface area contributed by atoms with Gasteiger partial charge in [0.2, 0.25) is 0 Å². The van der Waals surface area contributed by atoms with Crippen molar-refractivity contribution in [3.05, 3.63) is 29.2 Å². The minimum absolute atomic E-state index is 0.433. The van der Waals surface area contributed by atoms with Gasteiger partial charge in [0.1, 0.15) is 22.2 Å². The molecule has 1 N–H and O–H groups in total. The topological polar surface area (TPSA) is 46.8 Å². The molecule has 15 heavy (non-hydrogen) atoms. The first-order valence-electron chi connectivity index (χ1n) is 4.53. The third-order valence-corrected chi connectivity index (χ3v) is 2.57. The van der Waals surface area contributed by atoms with Crippen molar-refractivity contribution in [1.29, 1.82) is 0 Å². The van der Waals surface area contributed by atoms with Gasteiger partial charge in [-0.05, 0) is 13.0 Å². The smallest absolute Gasteiger partial charge is 0.142 e. The molecular formula is C10H11ClN2O2. The lowest BCUT2D eigenvalue weighted by molar-refractivity contribution is 0.195. The molecule has 1 atom stereocenters. The Morgan fingerprint density at radius 2 is 2.33 bits per heavy atom. The largest absolute Gasteiger partial charge is 0.497 e. The number of imidazole rings is 1. The molecule has 2 aromatic rings. The van der Waals surface area contributed by atoms with Crippen molar-refractivity contribution in [2.75, 3.05) is 7.11 Å². The Kier molecular flexibility index (Phi) is 2.54. The predicted molar refractivity (Wildman–Crippen MR) is 57.4 cm³/mol. The van der Waals surface area contributed by atoms with E-state index in [1.165, 1.54) is 0 Å². The van der Waals surface area contributed by atoms with E-state index in [9.17, 15) is 5.11 Å². The number of nitrogens with zero attached hydrogens (tertiary/aromatic N) is 2. The normalized spacial score (nSPS) is 13.1. The maximum absolute atomic E-state index is 9.44. The van der Waals surface area contributed by atoms with Crippen LogP contribution in [0, 0.1) is 0 Å². The second kappa shape index (κ2) is 3.72. The number of hydrogen-bond donors (Lipinski definition) is 1. The summed E-state index contributed by atoms with van der Waals surface area (Å²) in [6, 6.07) is 3.55. The quantitative estimate of drug-likeness (QED) is 0.853. The predicted octanol–water partition coefficient (Wildman–Crippen LogP) is 2.05. The number of aromatic nitrogens is 2. The molecule has 2 aromatic heterocycles. The van der Waals surface area contributed by atoms with Crippen LogP contribution in [0.25, 0.3) is 5.65 Å². The number of hydrogen-bond acceptors (Lipinski definition) is 3. The Morgan fingerprint density at radius 1 is 1.60 bits per heavy atom. The highest BCUT2D eigenvalue weighted by atomic mass is 35.5. The van der Waals surface area contributed by atoms with Crippen LogP contribution in [0.3, 0.4) is 0 Å². The molecule has 0 aromatic carbocycles. The van der Waals surface area contributed by atoms with Crippen molar-refractivity contribution in [2.45, 2.75) is 13.0 Å². The fraction of sp³-hybridized carbons (Fsp3) is 0.300. The highest BCUT2D eigenvalue weighted by Gasteiger charge is 2.14. The van der Waals surface area contributed by atoms with Crippen LogP contribution in [0.15, 0.2) is 18.3 Å². The summed E-state index contributed by atoms with van der Waals surface area (Å²) in [7, 11) is 1.59. The van der Waals surface area contributed by atoms with Gasteiger partial charge in [0.15, 0.2) is 0 Å². The average Bonchev–Trinajstić information content (AvgIpc) is 2.55. The Morgan fingerprint density at radius 3 is 2.93 bits per heavy atom. The highest BCUT2D eigenvalue weighted by Crippen LogP contribution is 2.25. The zero-order valence-electron chi connectivity index (χ0n) is 8.44. The first-order chi connectivity index (χ1) is 7.13. The zero-order valence-corrected chi connectivity index (χ0v) is 9.19. The van der Waals surface area contributed by atoms with Crippen LogP contribution in [0.4, 0.5) is 0 Å². The molecule has 0 aliphatic rings. The van der Waals surface area contributed by atoms with Crippen molar-refractivity contribution in [1.82, 2.24) is 9.38 Å². The number of aliphatic hydroxyl groups excluding tert-OH is 1. The first kappa shape index (κ1) is 10.3. The van der Waals surface area contributed by atoms with E-state index in [2.05, 4.69) is 4.98 Å². The van der Waals surface area contributed by atoms with Gasteiger partial charge in [0, 0.05) is 12.3 Å². The lowest BCUT2D eigenvalue weighted by Gasteiger charge is -2.00. The van der Waals surface area contributed by atoms with Gasteiger partial charge in [-0.3, -0.25) is 4.40 Å². The van der Waals surface area contributed by atoms with E-state index in [4.69, 9.17) is 16.3 Å². The maximum Gasteiger partial charge on any atom is 0.142 e. The number of fused-ring (bicyclic) bond motifs is 1. The molecule has 0 saturated carbocycles. The molecule has 0 amide bonds. The minimum Gasteiger partial charge on any atom is -0.497 e. The van der Waals surface area contributed by atoms with Crippen molar-refractivity contribution in [2.24, 2.45) is 0 Å². The van der Waals surface area contributed by atoms with E-state index < -0.39 is 6.10 Å². The Balaban J connectivity index is 2.65. The number of aliphatic hydroxyl groups is 1. The standard InChI is InChI=1S/C10H11ClN2O2/c1-6(14)9-10(11)13-4-3-7(15-2)5-8(13)12-9/h3-6,14H,1-2H3. The third-order valence-electron chi connectivity index (χ3n) is 2.20. The molecule has 80 valence electrons. The second-order valence-corrected chi connectivity index (χ2v) is 3.62. The molecule has 0 fully saturated rings. The second-order valence-electron chi connectivity index (χ2n) is 3.26. The van der Waals surface area contributed by atoms with Crippen LogP contribution in [0.1, 0.15) is 18.7 Å². The molecule has 0 spiro atoms. The third kappa shape index (κ3) is 1.66. The summed E-state index contributed by atoms with van der Waals surface area (Å²) < 4.78 is 6.77. The number of methoxy groups -OCH3 is 1. The minimum atomic E-state index is -0.677. The molecule has 0 aliphatic heterocycles. The van der Waals surface area contributed by atoms with Crippen LogP contribution in [-0.4, -0.2) is 21.6 Å². The summed E-state index contributed by atoms with van der Waals surface area (Å²) in [5, 5.41) is 9.87. The number of pyridine rings is 1. The van der Waals surface area contributed by atoms with Gasteiger partial charge in [-0.25, -0.2) is 4.98 Å². The van der Waals surface area contributed by atoms with E-state index >= 15 is 0 Å². The molecule has 5 heteroatoms. The van der Waals surface area contributed by atoms with Crippen LogP contribution < -0.4 is 4.74 Å². The molecule has 0 saturated heterocycles.